The Bertz CT molecular complexity index is 167. The molecule has 1 amide bonds. The molecule has 64 valence electrons. The number of carbonyl (C=O) groups excluding carboxylic acids is 1. The van der Waals surface area contributed by atoms with E-state index in [1.807, 2.05) is 21.1 Å². The van der Waals surface area contributed by atoms with Gasteiger partial charge in [-0.3, -0.25) is 4.79 Å². The van der Waals surface area contributed by atoms with Crippen molar-refractivity contribution < 1.29 is 4.79 Å². The van der Waals surface area contributed by atoms with Gasteiger partial charge >= 0.3 is 0 Å². The number of hydrogen-bond acceptors (Lipinski definition) is 2. The number of rotatable bonds is 1. The molecule has 1 rings (SSSR count). The summed E-state index contributed by atoms with van der Waals surface area (Å²) in [6.45, 7) is 3.01. The molecule has 2 atom stereocenters. The van der Waals surface area contributed by atoms with Crippen molar-refractivity contribution in [2.45, 2.75) is 13.0 Å². The summed E-state index contributed by atoms with van der Waals surface area (Å²) in [5.74, 6) is 0.491. The average Bonchev–Trinajstić information content (AvgIpc) is 1.98. The standard InChI is InChI=1S/C8H16N2O/c1-6-7(5-10(6)4)8(11)9(2)3/h6-7H,5H2,1-4H3. The van der Waals surface area contributed by atoms with E-state index in [0.717, 1.165) is 6.54 Å². The molecular weight excluding hydrogens is 140 g/mol. The Morgan fingerprint density at radius 1 is 1.55 bits per heavy atom. The van der Waals surface area contributed by atoms with Crippen LogP contribution in [-0.4, -0.2) is 49.4 Å². The van der Waals surface area contributed by atoms with E-state index in [1.54, 1.807) is 4.90 Å². The Morgan fingerprint density at radius 3 is 2.36 bits per heavy atom. The minimum absolute atomic E-state index is 0.231. The van der Waals surface area contributed by atoms with Gasteiger partial charge < -0.3 is 9.80 Å². The highest BCUT2D eigenvalue weighted by Crippen LogP contribution is 2.23. The first-order chi connectivity index (χ1) is 5.04. The van der Waals surface area contributed by atoms with Crippen LogP contribution in [0.3, 0.4) is 0 Å². The van der Waals surface area contributed by atoms with E-state index in [2.05, 4.69) is 11.8 Å². The first-order valence-corrected chi connectivity index (χ1v) is 3.95. The van der Waals surface area contributed by atoms with E-state index in [1.165, 1.54) is 0 Å². The van der Waals surface area contributed by atoms with Crippen LogP contribution in [0.1, 0.15) is 6.92 Å². The third kappa shape index (κ3) is 1.38. The molecule has 3 heteroatoms. The first-order valence-electron chi connectivity index (χ1n) is 3.95. The van der Waals surface area contributed by atoms with Crippen LogP contribution in [0.25, 0.3) is 0 Å². The lowest BCUT2D eigenvalue weighted by Gasteiger charge is -2.43. The van der Waals surface area contributed by atoms with Crippen molar-refractivity contribution in [1.29, 1.82) is 0 Å². The Labute approximate surface area is 68.0 Å². The molecule has 0 aromatic rings. The van der Waals surface area contributed by atoms with Crippen LogP contribution in [0, 0.1) is 5.92 Å². The van der Waals surface area contributed by atoms with Gasteiger partial charge in [0.25, 0.3) is 0 Å². The molecule has 1 aliphatic rings. The first kappa shape index (κ1) is 8.53. The molecule has 0 bridgehead atoms. The van der Waals surface area contributed by atoms with Gasteiger partial charge in [0, 0.05) is 26.7 Å². The average molecular weight is 156 g/mol. The van der Waals surface area contributed by atoms with Crippen LogP contribution in [0.4, 0.5) is 0 Å². The largest absolute Gasteiger partial charge is 0.348 e. The van der Waals surface area contributed by atoms with E-state index >= 15 is 0 Å². The third-order valence-corrected chi connectivity index (χ3v) is 2.52. The van der Waals surface area contributed by atoms with Gasteiger partial charge in [-0.1, -0.05) is 0 Å². The molecule has 0 radical (unpaired) electrons. The van der Waals surface area contributed by atoms with Gasteiger partial charge in [-0.2, -0.15) is 0 Å². The number of likely N-dealkylation sites (tertiary alicyclic amines) is 1. The topological polar surface area (TPSA) is 23.6 Å². The van der Waals surface area contributed by atoms with Crippen molar-refractivity contribution in [3.63, 3.8) is 0 Å². The molecule has 1 saturated heterocycles. The second kappa shape index (κ2) is 2.81. The maximum Gasteiger partial charge on any atom is 0.228 e. The molecule has 0 saturated carbocycles. The second-order valence-corrected chi connectivity index (χ2v) is 3.52. The van der Waals surface area contributed by atoms with Gasteiger partial charge in [-0.25, -0.2) is 0 Å². The normalized spacial score (nSPS) is 31.3. The zero-order valence-corrected chi connectivity index (χ0v) is 7.66. The highest BCUT2D eigenvalue weighted by molar-refractivity contribution is 5.80. The maximum absolute atomic E-state index is 11.4. The highest BCUT2D eigenvalue weighted by atomic mass is 16.2. The molecule has 0 aromatic carbocycles. The van der Waals surface area contributed by atoms with Gasteiger partial charge in [-0.15, -0.1) is 0 Å². The molecule has 1 heterocycles. The highest BCUT2D eigenvalue weighted by Gasteiger charge is 2.38. The number of nitrogens with zero attached hydrogens (tertiary/aromatic N) is 2. The predicted octanol–water partition coefficient (Wildman–Crippen LogP) is 0.0247. The van der Waals surface area contributed by atoms with Crippen molar-refractivity contribution in [2.75, 3.05) is 27.7 Å². The van der Waals surface area contributed by atoms with E-state index in [0.29, 0.717) is 6.04 Å². The maximum atomic E-state index is 11.4. The fourth-order valence-electron chi connectivity index (χ4n) is 1.41. The minimum atomic E-state index is 0.231. The van der Waals surface area contributed by atoms with E-state index in [9.17, 15) is 4.79 Å². The zero-order chi connectivity index (χ0) is 8.59. The van der Waals surface area contributed by atoms with Crippen LogP contribution in [0.5, 0.6) is 0 Å². The fraction of sp³-hybridized carbons (Fsp3) is 0.875. The van der Waals surface area contributed by atoms with Crippen molar-refractivity contribution in [1.82, 2.24) is 9.80 Å². The minimum Gasteiger partial charge on any atom is -0.348 e. The molecule has 3 nitrogen and oxygen atoms in total. The number of carbonyl (C=O) groups is 1. The van der Waals surface area contributed by atoms with Crippen LogP contribution >= 0.6 is 0 Å². The van der Waals surface area contributed by atoms with Gasteiger partial charge in [0.05, 0.1) is 5.92 Å². The number of hydrogen-bond donors (Lipinski definition) is 0. The summed E-state index contributed by atoms with van der Waals surface area (Å²) in [6.07, 6.45) is 0. The molecular formula is C8H16N2O. The van der Waals surface area contributed by atoms with Gasteiger partial charge in [0.15, 0.2) is 0 Å². The summed E-state index contributed by atoms with van der Waals surface area (Å²) in [6, 6.07) is 0.421. The number of amides is 1. The molecule has 1 fully saturated rings. The van der Waals surface area contributed by atoms with Crippen LogP contribution < -0.4 is 0 Å². The molecule has 0 N–H and O–H groups in total. The predicted molar refractivity (Wildman–Crippen MR) is 44.3 cm³/mol. The van der Waals surface area contributed by atoms with Crippen LogP contribution in [0.15, 0.2) is 0 Å². The SMILES string of the molecule is CC1C(C(=O)N(C)C)CN1C. The second-order valence-electron chi connectivity index (χ2n) is 3.52. The molecule has 0 aliphatic carbocycles. The molecule has 2 unspecified atom stereocenters. The third-order valence-electron chi connectivity index (χ3n) is 2.52. The van der Waals surface area contributed by atoms with E-state index < -0.39 is 0 Å². The molecule has 0 aromatic heterocycles. The van der Waals surface area contributed by atoms with Crippen molar-refractivity contribution in [3.8, 4) is 0 Å². The van der Waals surface area contributed by atoms with Crippen LogP contribution in [0.2, 0.25) is 0 Å². The lowest BCUT2D eigenvalue weighted by atomic mass is 9.90. The molecule has 0 spiro atoms. The van der Waals surface area contributed by atoms with Gasteiger partial charge in [-0.05, 0) is 14.0 Å². The lowest BCUT2D eigenvalue weighted by molar-refractivity contribution is -0.141. The van der Waals surface area contributed by atoms with Gasteiger partial charge in [0.2, 0.25) is 5.91 Å². The lowest BCUT2D eigenvalue weighted by Crippen LogP contribution is -2.57. The Morgan fingerprint density at radius 2 is 2.09 bits per heavy atom. The van der Waals surface area contributed by atoms with Crippen LogP contribution in [-0.2, 0) is 4.79 Å². The Balaban J connectivity index is 2.46. The monoisotopic (exact) mass is 156 g/mol. The Hall–Kier alpha value is -0.570. The quantitative estimate of drug-likeness (QED) is 0.534. The zero-order valence-electron chi connectivity index (χ0n) is 7.66. The summed E-state index contributed by atoms with van der Waals surface area (Å²) in [7, 11) is 5.67. The summed E-state index contributed by atoms with van der Waals surface area (Å²) in [5, 5.41) is 0. The Kier molecular flexibility index (Phi) is 2.18. The van der Waals surface area contributed by atoms with Gasteiger partial charge in [0.1, 0.15) is 0 Å². The molecule has 1 aliphatic heterocycles. The van der Waals surface area contributed by atoms with Crippen molar-refractivity contribution in [3.05, 3.63) is 0 Å². The smallest absolute Gasteiger partial charge is 0.228 e. The van der Waals surface area contributed by atoms with Crippen molar-refractivity contribution in [2.24, 2.45) is 5.92 Å². The summed E-state index contributed by atoms with van der Waals surface area (Å²) >= 11 is 0. The van der Waals surface area contributed by atoms with E-state index in [-0.39, 0.29) is 11.8 Å². The summed E-state index contributed by atoms with van der Waals surface area (Å²) in [5.41, 5.74) is 0. The summed E-state index contributed by atoms with van der Waals surface area (Å²) < 4.78 is 0. The van der Waals surface area contributed by atoms with E-state index in [4.69, 9.17) is 0 Å². The van der Waals surface area contributed by atoms with Crippen molar-refractivity contribution >= 4 is 5.91 Å². The fourth-order valence-corrected chi connectivity index (χ4v) is 1.41. The summed E-state index contributed by atoms with van der Waals surface area (Å²) in [4.78, 5) is 15.2. The molecule has 11 heavy (non-hydrogen) atoms.